The summed E-state index contributed by atoms with van der Waals surface area (Å²) in [7, 11) is 0. The average Bonchev–Trinajstić information content (AvgIpc) is 3.49. The second-order valence-electron chi connectivity index (χ2n) is 8.83. The van der Waals surface area contributed by atoms with Gasteiger partial charge in [-0.3, -0.25) is 14.4 Å². The highest BCUT2D eigenvalue weighted by atomic mass is 19.3. The molecule has 0 bridgehead atoms. The summed E-state index contributed by atoms with van der Waals surface area (Å²) in [6.07, 6.45) is 0.437. The van der Waals surface area contributed by atoms with Gasteiger partial charge in [-0.2, -0.15) is 8.78 Å². The predicted octanol–water partition coefficient (Wildman–Crippen LogP) is 2.26. The first-order valence-corrected chi connectivity index (χ1v) is 10.7. The maximum Gasteiger partial charge on any atom is 0.345 e. The Morgan fingerprint density at radius 2 is 1.84 bits per heavy atom. The van der Waals surface area contributed by atoms with Gasteiger partial charge in [0.05, 0.1) is 25.3 Å². The first-order valence-electron chi connectivity index (χ1n) is 10.7. The minimum atomic E-state index is -3.03. The van der Waals surface area contributed by atoms with E-state index in [9.17, 15) is 23.2 Å². The molecule has 32 heavy (non-hydrogen) atoms. The van der Waals surface area contributed by atoms with Crippen LogP contribution in [0.3, 0.4) is 0 Å². The SMILES string of the molecule is CC(C)C[C@H](CC(=O)[C@@H](N)COC(F)F)C(=O)N[C@@H](Cc1ccccc1)C(=O)[C@@]1(C)CO1. The van der Waals surface area contributed by atoms with Crippen molar-refractivity contribution >= 4 is 17.5 Å². The summed E-state index contributed by atoms with van der Waals surface area (Å²) >= 11 is 0. The fourth-order valence-corrected chi connectivity index (χ4v) is 3.48. The number of nitrogens with one attached hydrogen (secondary N) is 1. The van der Waals surface area contributed by atoms with Crippen LogP contribution in [0.15, 0.2) is 30.3 Å². The number of ketones is 2. The molecule has 1 aliphatic rings. The molecule has 7 nitrogen and oxygen atoms in total. The Morgan fingerprint density at radius 1 is 1.22 bits per heavy atom. The number of halogens is 2. The molecule has 1 fully saturated rings. The quantitative estimate of drug-likeness (QED) is 0.417. The van der Waals surface area contributed by atoms with Crippen LogP contribution in [-0.2, 0) is 30.3 Å². The minimum Gasteiger partial charge on any atom is -0.361 e. The van der Waals surface area contributed by atoms with Crippen molar-refractivity contribution in [1.82, 2.24) is 5.32 Å². The van der Waals surface area contributed by atoms with Crippen LogP contribution in [0.4, 0.5) is 8.78 Å². The van der Waals surface area contributed by atoms with Crippen molar-refractivity contribution in [1.29, 1.82) is 0 Å². The standard InChI is InChI=1S/C23H32F2N2O5/c1-14(2)9-16(11-19(28)17(26)12-31-22(24)25)21(30)27-18(20(29)23(3)13-32-23)10-15-7-5-4-6-8-15/h4-8,14,16-18,22H,9-13,26H2,1-3H3,(H,27,30)/t16-,17+,18+,23-/m1/s1. The number of ether oxygens (including phenoxy) is 2. The maximum atomic E-state index is 13.1. The second kappa shape index (κ2) is 11.6. The zero-order chi connectivity index (χ0) is 23.9. The van der Waals surface area contributed by atoms with Crippen LogP contribution in [0.25, 0.3) is 0 Å². The third-order valence-corrected chi connectivity index (χ3v) is 5.40. The highest BCUT2D eigenvalue weighted by molar-refractivity contribution is 5.97. The molecule has 1 heterocycles. The molecule has 0 aromatic heterocycles. The highest BCUT2D eigenvalue weighted by Crippen LogP contribution is 2.29. The molecule has 178 valence electrons. The van der Waals surface area contributed by atoms with E-state index in [-0.39, 0.29) is 24.5 Å². The largest absolute Gasteiger partial charge is 0.361 e. The molecule has 1 saturated heterocycles. The summed E-state index contributed by atoms with van der Waals surface area (Å²) < 4.78 is 33.8. The summed E-state index contributed by atoms with van der Waals surface area (Å²) in [6, 6.07) is 7.19. The number of nitrogens with two attached hydrogens (primary N) is 1. The molecule has 1 aliphatic heterocycles. The lowest BCUT2D eigenvalue weighted by atomic mass is 9.88. The molecule has 3 N–H and O–H groups in total. The molecule has 9 heteroatoms. The Morgan fingerprint density at radius 3 is 2.38 bits per heavy atom. The highest BCUT2D eigenvalue weighted by Gasteiger charge is 2.50. The zero-order valence-electron chi connectivity index (χ0n) is 18.7. The maximum absolute atomic E-state index is 13.1. The van der Waals surface area contributed by atoms with Gasteiger partial charge in [-0.15, -0.1) is 0 Å². The van der Waals surface area contributed by atoms with Crippen LogP contribution < -0.4 is 11.1 Å². The van der Waals surface area contributed by atoms with Gasteiger partial charge in [-0.1, -0.05) is 44.2 Å². The number of alkyl halides is 2. The Kier molecular flexibility index (Phi) is 9.42. The third-order valence-electron chi connectivity index (χ3n) is 5.40. The van der Waals surface area contributed by atoms with Crippen molar-refractivity contribution in [2.24, 2.45) is 17.6 Å². The average molecular weight is 455 g/mol. The Bertz CT molecular complexity index is 784. The molecule has 1 amide bonds. The fraction of sp³-hybridized carbons (Fsp3) is 0.609. The van der Waals surface area contributed by atoms with Gasteiger partial charge in [-0.05, 0) is 31.2 Å². The van der Waals surface area contributed by atoms with Gasteiger partial charge < -0.3 is 20.5 Å². The Hall–Kier alpha value is -2.23. The van der Waals surface area contributed by atoms with Crippen molar-refractivity contribution in [3.8, 4) is 0 Å². The summed E-state index contributed by atoms with van der Waals surface area (Å²) in [4.78, 5) is 38.5. The predicted molar refractivity (Wildman–Crippen MR) is 114 cm³/mol. The van der Waals surface area contributed by atoms with E-state index in [2.05, 4.69) is 10.1 Å². The normalized spacial score (nSPS) is 20.6. The van der Waals surface area contributed by atoms with E-state index in [0.29, 0.717) is 13.0 Å². The number of benzene rings is 1. The molecule has 0 unspecified atom stereocenters. The lowest BCUT2D eigenvalue weighted by Gasteiger charge is -2.24. The monoisotopic (exact) mass is 454 g/mol. The molecule has 0 saturated carbocycles. The molecule has 1 aromatic carbocycles. The van der Waals surface area contributed by atoms with Crippen LogP contribution in [0, 0.1) is 11.8 Å². The van der Waals surface area contributed by atoms with E-state index in [4.69, 9.17) is 10.5 Å². The van der Waals surface area contributed by atoms with Crippen molar-refractivity contribution in [3.63, 3.8) is 0 Å². The molecule has 2 rings (SSSR count). The summed E-state index contributed by atoms with van der Waals surface area (Å²) in [5, 5.41) is 2.80. The number of carbonyl (C=O) groups is 3. The molecule has 0 spiro atoms. The van der Waals surface area contributed by atoms with Gasteiger partial charge >= 0.3 is 6.61 Å². The number of Topliss-reactive ketones (excluding diaryl/α,β-unsaturated/α-hetero) is 2. The number of rotatable bonds is 14. The van der Waals surface area contributed by atoms with Gasteiger partial charge in [0, 0.05) is 12.3 Å². The van der Waals surface area contributed by atoms with E-state index in [1.54, 1.807) is 6.92 Å². The smallest absolute Gasteiger partial charge is 0.345 e. The molecular formula is C23H32F2N2O5. The second-order valence-corrected chi connectivity index (χ2v) is 8.83. The first-order chi connectivity index (χ1) is 15.0. The molecule has 4 atom stereocenters. The van der Waals surface area contributed by atoms with Crippen LogP contribution in [0.5, 0.6) is 0 Å². The number of carbonyl (C=O) groups excluding carboxylic acids is 3. The minimum absolute atomic E-state index is 0.0830. The van der Waals surface area contributed by atoms with Crippen LogP contribution >= 0.6 is 0 Å². The van der Waals surface area contributed by atoms with Crippen LogP contribution in [0.1, 0.15) is 39.2 Å². The van der Waals surface area contributed by atoms with Crippen molar-refractivity contribution in [3.05, 3.63) is 35.9 Å². The lowest BCUT2D eigenvalue weighted by Crippen LogP contribution is -2.50. The van der Waals surface area contributed by atoms with E-state index < -0.39 is 48.5 Å². The summed E-state index contributed by atoms with van der Waals surface area (Å²) in [6.45, 7) is 2.11. The summed E-state index contributed by atoms with van der Waals surface area (Å²) in [5.74, 6) is -1.90. The lowest BCUT2D eigenvalue weighted by molar-refractivity contribution is -0.142. The zero-order valence-corrected chi connectivity index (χ0v) is 18.7. The molecule has 1 aromatic rings. The van der Waals surface area contributed by atoms with Crippen LogP contribution in [-0.4, -0.2) is 55.0 Å². The van der Waals surface area contributed by atoms with Gasteiger partial charge in [-0.25, -0.2) is 0 Å². The Balaban J connectivity index is 2.11. The third kappa shape index (κ3) is 8.03. The van der Waals surface area contributed by atoms with Crippen molar-refractivity contribution in [2.75, 3.05) is 13.2 Å². The summed E-state index contributed by atoms with van der Waals surface area (Å²) in [5.41, 5.74) is 5.60. The van der Waals surface area contributed by atoms with Gasteiger partial charge in [0.1, 0.15) is 5.60 Å². The number of epoxide rings is 1. The van der Waals surface area contributed by atoms with Crippen molar-refractivity contribution < 1.29 is 32.6 Å². The van der Waals surface area contributed by atoms with E-state index in [1.165, 1.54) is 0 Å². The van der Waals surface area contributed by atoms with Gasteiger partial charge in [0.2, 0.25) is 5.91 Å². The van der Waals surface area contributed by atoms with E-state index in [1.807, 2.05) is 44.2 Å². The number of hydrogen-bond donors (Lipinski definition) is 2. The fourth-order valence-electron chi connectivity index (χ4n) is 3.48. The van der Waals surface area contributed by atoms with Crippen LogP contribution in [0.2, 0.25) is 0 Å². The number of hydrogen-bond acceptors (Lipinski definition) is 6. The first kappa shape index (κ1) is 26.0. The molecular weight excluding hydrogens is 422 g/mol. The topological polar surface area (TPSA) is 111 Å². The number of amides is 1. The van der Waals surface area contributed by atoms with E-state index >= 15 is 0 Å². The van der Waals surface area contributed by atoms with Crippen molar-refractivity contribution in [2.45, 2.75) is 64.3 Å². The van der Waals surface area contributed by atoms with E-state index in [0.717, 1.165) is 5.56 Å². The van der Waals surface area contributed by atoms with Gasteiger partial charge in [0.15, 0.2) is 11.6 Å². The molecule has 0 radical (unpaired) electrons. The molecule has 0 aliphatic carbocycles. The van der Waals surface area contributed by atoms with Gasteiger partial charge in [0.25, 0.3) is 0 Å². The Labute approximate surface area is 187 Å².